The van der Waals surface area contributed by atoms with Crippen LogP contribution in [-0.2, 0) is 6.54 Å². The highest BCUT2D eigenvalue weighted by molar-refractivity contribution is 6.02. The van der Waals surface area contributed by atoms with Crippen molar-refractivity contribution in [3.8, 4) is 0 Å². The molecule has 0 fully saturated rings. The monoisotopic (exact) mass is 268 g/mol. The van der Waals surface area contributed by atoms with E-state index in [9.17, 15) is 14.3 Å². The molecule has 0 radical (unpaired) electrons. The molecule has 100 valence electrons. The molecule has 3 rings (SSSR count). The Morgan fingerprint density at radius 2 is 1.80 bits per heavy atom. The predicted molar refractivity (Wildman–Crippen MR) is 71.8 cm³/mol. The highest BCUT2D eigenvalue weighted by atomic mass is 19.1. The van der Waals surface area contributed by atoms with Crippen LogP contribution in [0.4, 0.5) is 4.39 Å². The molecule has 0 saturated heterocycles. The molecule has 3 nitrogen and oxygen atoms in total. The third kappa shape index (κ3) is 2.05. The van der Waals surface area contributed by atoms with Gasteiger partial charge in [0.15, 0.2) is 0 Å². The van der Waals surface area contributed by atoms with E-state index in [-0.39, 0.29) is 17.9 Å². The van der Waals surface area contributed by atoms with Crippen molar-refractivity contribution < 1.29 is 14.3 Å². The molecule has 0 atom stereocenters. The molecule has 2 aromatic carbocycles. The first-order chi connectivity index (χ1) is 9.66. The summed E-state index contributed by atoms with van der Waals surface area (Å²) in [6, 6.07) is 13.6. The number of carboxylic acid groups (broad SMARTS) is 1. The van der Waals surface area contributed by atoms with Crippen molar-refractivity contribution in [1.82, 2.24) is 4.57 Å². The first-order valence-electron chi connectivity index (χ1n) is 6.19. The summed E-state index contributed by atoms with van der Waals surface area (Å²) in [5.41, 5.74) is 1.38. The fourth-order valence-electron chi connectivity index (χ4n) is 2.35. The zero-order valence-corrected chi connectivity index (χ0v) is 10.5. The third-order valence-electron chi connectivity index (χ3n) is 3.31. The van der Waals surface area contributed by atoms with Gasteiger partial charge in [-0.05, 0) is 12.1 Å². The van der Waals surface area contributed by atoms with Gasteiger partial charge in [0.05, 0.1) is 12.5 Å². The Balaban J connectivity index is 2.13. The molecule has 0 spiro atoms. The van der Waals surface area contributed by atoms with Gasteiger partial charge >= 0.3 is 0 Å². The SMILES string of the molecule is O=C([O-])c1cn(Cc2ccccc2F)c2ccccc12. The Hall–Kier alpha value is -2.62. The molecule has 0 aliphatic carbocycles. The fraction of sp³-hybridized carbons (Fsp3) is 0.0625. The van der Waals surface area contributed by atoms with E-state index in [1.165, 1.54) is 12.3 Å². The van der Waals surface area contributed by atoms with E-state index in [2.05, 4.69) is 0 Å². The van der Waals surface area contributed by atoms with Crippen LogP contribution in [0.25, 0.3) is 10.9 Å². The highest BCUT2D eigenvalue weighted by Crippen LogP contribution is 2.22. The smallest absolute Gasteiger partial charge is 0.128 e. The Bertz CT molecular complexity index is 792. The summed E-state index contributed by atoms with van der Waals surface area (Å²) < 4.78 is 15.4. The van der Waals surface area contributed by atoms with Gasteiger partial charge in [0.1, 0.15) is 5.82 Å². The summed E-state index contributed by atoms with van der Waals surface area (Å²) >= 11 is 0. The zero-order chi connectivity index (χ0) is 14.1. The van der Waals surface area contributed by atoms with Gasteiger partial charge in [-0.15, -0.1) is 0 Å². The van der Waals surface area contributed by atoms with Crippen molar-refractivity contribution in [2.24, 2.45) is 0 Å². The van der Waals surface area contributed by atoms with Crippen molar-refractivity contribution >= 4 is 16.9 Å². The number of rotatable bonds is 3. The molecule has 20 heavy (non-hydrogen) atoms. The molecule has 0 N–H and O–H groups in total. The minimum atomic E-state index is -1.23. The Morgan fingerprint density at radius 1 is 1.10 bits per heavy atom. The van der Waals surface area contributed by atoms with Crippen LogP contribution >= 0.6 is 0 Å². The molecule has 0 aliphatic heterocycles. The molecule has 0 bridgehead atoms. The Morgan fingerprint density at radius 3 is 2.55 bits per heavy atom. The van der Waals surface area contributed by atoms with E-state index < -0.39 is 5.97 Å². The molecule has 0 amide bonds. The van der Waals surface area contributed by atoms with E-state index >= 15 is 0 Å². The zero-order valence-electron chi connectivity index (χ0n) is 10.5. The number of para-hydroxylation sites is 1. The maximum Gasteiger partial charge on any atom is 0.128 e. The summed E-state index contributed by atoms with van der Waals surface area (Å²) in [4.78, 5) is 11.1. The minimum Gasteiger partial charge on any atom is -0.545 e. The van der Waals surface area contributed by atoms with E-state index in [0.717, 1.165) is 5.52 Å². The minimum absolute atomic E-state index is 0.122. The average Bonchev–Trinajstić information content (AvgIpc) is 2.81. The van der Waals surface area contributed by atoms with E-state index in [1.54, 1.807) is 34.9 Å². The lowest BCUT2D eigenvalue weighted by Gasteiger charge is -2.06. The van der Waals surface area contributed by atoms with Crippen molar-refractivity contribution in [2.75, 3.05) is 0 Å². The van der Waals surface area contributed by atoms with Crippen LogP contribution in [0.2, 0.25) is 0 Å². The average molecular weight is 268 g/mol. The van der Waals surface area contributed by atoms with Crippen LogP contribution in [0, 0.1) is 5.82 Å². The van der Waals surface area contributed by atoms with Crippen LogP contribution in [0.3, 0.4) is 0 Å². The molecular formula is C16H11FNO2-. The molecule has 0 saturated carbocycles. The predicted octanol–water partition coefficient (Wildman–Crippen LogP) is 2.19. The van der Waals surface area contributed by atoms with E-state index in [0.29, 0.717) is 10.9 Å². The number of carboxylic acids is 1. The van der Waals surface area contributed by atoms with Gasteiger partial charge in [-0.1, -0.05) is 36.4 Å². The summed E-state index contributed by atoms with van der Waals surface area (Å²) in [6.45, 7) is 0.278. The molecule has 0 aliphatic rings. The largest absolute Gasteiger partial charge is 0.545 e. The second-order valence-electron chi connectivity index (χ2n) is 4.57. The summed E-state index contributed by atoms with van der Waals surface area (Å²) in [7, 11) is 0. The number of carbonyl (C=O) groups is 1. The van der Waals surface area contributed by atoms with Crippen molar-refractivity contribution in [1.29, 1.82) is 0 Å². The molecule has 1 heterocycles. The van der Waals surface area contributed by atoms with Crippen LogP contribution in [0.1, 0.15) is 15.9 Å². The quantitative estimate of drug-likeness (QED) is 0.731. The van der Waals surface area contributed by atoms with Crippen LogP contribution in [0.15, 0.2) is 54.7 Å². The second-order valence-corrected chi connectivity index (χ2v) is 4.57. The number of halogens is 1. The molecule has 0 unspecified atom stereocenters. The number of fused-ring (bicyclic) bond motifs is 1. The second kappa shape index (κ2) is 4.81. The Kier molecular flexibility index (Phi) is 2.99. The number of aromatic nitrogens is 1. The standard InChI is InChI=1S/C16H12FNO2/c17-14-7-3-1-5-11(14)9-18-10-13(16(19)20)12-6-2-4-8-15(12)18/h1-8,10H,9H2,(H,19,20)/p-1. The fourth-order valence-corrected chi connectivity index (χ4v) is 2.35. The Labute approximate surface area is 114 Å². The number of aromatic carboxylic acids is 1. The third-order valence-corrected chi connectivity index (χ3v) is 3.31. The van der Waals surface area contributed by atoms with Gasteiger partial charge in [0.2, 0.25) is 0 Å². The van der Waals surface area contributed by atoms with Crippen LogP contribution < -0.4 is 5.11 Å². The van der Waals surface area contributed by atoms with Gasteiger partial charge in [-0.25, -0.2) is 4.39 Å². The summed E-state index contributed by atoms with van der Waals surface area (Å²) in [5, 5.41) is 11.7. The molecular weight excluding hydrogens is 257 g/mol. The molecule has 1 aromatic heterocycles. The molecule has 3 aromatic rings. The lowest BCUT2D eigenvalue weighted by molar-refractivity contribution is -0.254. The lowest BCUT2D eigenvalue weighted by atomic mass is 10.2. The molecule has 4 heteroatoms. The van der Waals surface area contributed by atoms with Crippen molar-refractivity contribution in [3.63, 3.8) is 0 Å². The van der Waals surface area contributed by atoms with Gasteiger partial charge in [0.25, 0.3) is 0 Å². The lowest BCUT2D eigenvalue weighted by Crippen LogP contribution is -2.21. The number of carbonyl (C=O) groups excluding carboxylic acids is 1. The van der Waals surface area contributed by atoms with Crippen molar-refractivity contribution in [2.45, 2.75) is 6.54 Å². The number of nitrogens with zero attached hydrogens (tertiary/aromatic N) is 1. The summed E-state index contributed by atoms with van der Waals surface area (Å²) in [5.74, 6) is -1.53. The maximum absolute atomic E-state index is 13.7. The maximum atomic E-state index is 13.7. The van der Waals surface area contributed by atoms with Crippen LogP contribution in [-0.4, -0.2) is 10.5 Å². The van der Waals surface area contributed by atoms with Crippen molar-refractivity contribution in [3.05, 3.63) is 71.7 Å². The van der Waals surface area contributed by atoms with E-state index in [4.69, 9.17) is 0 Å². The van der Waals surface area contributed by atoms with Gasteiger partial charge in [0, 0.05) is 28.2 Å². The number of benzene rings is 2. The van der Waals surface area contributed by atoms with E-state index in [1.807, 2.05) is 12.1 Å². The number of hydrogen-bond acceptors (Lipinski definition) is 2. The first kappa shape index (κ1) is 12.4. The topological polar surface area (TPSA) is 45.1 Å². The number of hydrogen-bond donors (Lipinski definition) is 0. The summed E-state index contributed by atoms with van der Waals surface area (Å²) in [6.07, 6.45) is 1.49. The normalized spacial score (nSPS) is 10.8. The first-order valence-corrected chi connectivity index (χ1v) is 6.19. The van der Waals surface area contributed by atoms with Crippen LogP contribution in [0.5, 0.6) is 0 Å². The van der Waals surface area contributed by atoms with Gasteiger partial charge < -0.3 is 14.5 Å². The highest BCUT2D eigenvalue weighted by Gasteiger charge is 2.10. The van der Waals surface area contributed by atoms with Gasteiger partial charge in [-0.2, -0.15) is 0 Å². The van der Waals surface area contributed by atoms with Gasteiger partial charge in [-0.3, -0.25) is 0 Å².